The number of ether oxygens (including phenoxy) is 1. The molecule has 0 radical (unpaired) electrons. The van der Waals surface area contributed by atoms with Gasteiger partial charge in [0, 0.05) is 38.6 Å². The van der Waals surface area contributed by atoms with Crippen LogP contribution >= 0.6 is 0 Å². The molecule has 0 saturated carbocycles. The molecule has 0 spiro atoms. The van der Waals surface area contributed by atoms with Crippen LogP contribution in [0.15, 0.2) is 22.8 Å². The standard InChI is InChI=1S/C16H26N2O4/c1-13(19)17-6-7-18(16(2,3)12-17)9-14(20)10-21-11-15-5-4-8-22-15/h4-5,8,14,20H,6-7,9-12H2,1-3H3. The minimum absolute atomic E-state index is 0.107. The maximum Gasteiger partial charge on any atom is 0.219 e. The Morgan fingerprint density at radius 2 is 2.27 bits per heavy atom. The van der Waals surface area contributed by atoms with Crippen LogP contribution in [0.4, 0.5) is 0 Å². The van der Waals surface area contributed by atoms with Crippen molar-refractivity contribution < 1.29 is 19.1 Å². The van der Waals surface area contributed by atoms with Crippen LogP contribution < -0.4 is 0 Å². The normalized spacial score (nSPS) is 20.1. The summed E-state index contributed by atoms with van der Waals surface area (Å²) in [5, 5.41) is 10.2. The molecule has 0 aliphatic carbocycles. The lowest BCUT2D eigenvalue weighted by atomic mass is 9.98. The van der Waals surface area contributed by atoms with Crippen molar-refractivity contribution in [1.82, 2.24) is 9.80 Å². The first kappa shape index (κ1) is 17.0. The van der Waals surface area contributed by atoms with Crippen molar-refractivity contribution in [3.8, 4) is 0 Å². The van der Waals surface area contributed by atoms with Crippen molar-refractivity contribution in [3.63, 3.8) is 0 Å². The van der Waals surface area contributed by atoms with Gasteiger partial charge in [0.25, 0.3) is 0 Å². The monoisotopic (exact) mass is 310 g/mol. The lowest BCUT2D eigenvalue weighted by Gasteiger charge is -2.47. The van der Waals surface area contributed by atoms with Gasteiger partial charge < -0.3 is 19.2 Å². The summed E-state index contributed by atoms with van der Waals surface area (Å²) in [5.41, 5.74) is -0.147. The molecule has 6 heteroatoms. The fourth-order valence-corrected chi connectivity index (χ4v) is 2.79. The summed E-state index contributed by atoms with van der Waals surface area (Å²) in [6.45, 7) is 9.12. The van der Waals surface area contributed by atoms with Crippen molar-refractivity contribution in [1.29, 1.82) is 0 Å². The number of rotatable bonds is 6. The zero-order chi connectivity index (χ0) is 16.2. The maximum absolute atomic E-state index is 11.5. The van der Waals surface area contributed by atoms with Crippen molar-refractivity contribution in [2.75, 3.05) is 32.8 Å². The molecular formula is C16H26N2O4. The SMILES string of the molecule is CC(=O)N1CCN(CC(O)COCc2ccco2)C(C)(C)C1. The van der Waals surface area contributed by atoms with Gasteiger partial charge in [-0.1, -0.05) is 0 Å². The van der Waals surface area contributed by atoms with E-state index in [9.17, 15) is 9.90 Å². The van der Waals surface area contributed by atoms with Gasteiger partial charge in [0.15, 0.2) is 0 Å². The summed E-state index contributed by atoms with van der Waals surface area (Å²) in [6.07, 6.45) is 1.05. The predicted octanol–water partition coefficient (Wildman–Crippen LogP) is 1.10. The zero-order valence-corrected chi connectivity index (χ0v) is 13.6. The van der Waals surface area contributed by atoms with E-state index in [2.05, 4.69) is 18.7 Å². The fraction of sp³-hybridized carbons (Fsp3) is 0.688. The minimum atomic E-state index is -0.557. The molecule has 1 N–H and O–H groups in total. The van der Waals surface area contributed by atoms with E-state index in [4.69, 9.17) is 9.15 Å². The van der Waals surface area contributed by atoms with Gasteiger partial charge in [0.1, 0.15) is 12.4 Å². The summed E-state index contributed by atoms with van der Waals surface area (Å²) in [4.78, 5) is 15.6. The molecule has 1 aromatic rings. The Bertz CT molecular complexity index is 473. The second kappa shape index (κ2) is 7.26. The van der Waals surface area contributed by atoms with E-state index in [0.717, 1.165) is 12.3 Å². The number of furan rings is 1. The molecule has 1 aliphatic heterocycles. The van der Waals surface area contributed by atoms with Crippen LogP contribution in [0.25, 0.3) is 0 Å². The van der Waals surface area contributed by atoms with Gasteiger partial charge in [-0.25, -0.2) is 0 Å². The van der Waals surface area contributed by atoms with E-state index in [1.54, 1.807) is 13.2 Å². The first-order valence-corrected chi connectivity index (χ1v) is 7.67. The van der Waals surface area contributed by atoms with Gasteiger partial charge in [-0.15, -0.1) is 0 Å². The van der Waals surface area contributed by atoms with Gasteiger partial charge in [0.05, 0.1) is 19.0 Å². The Balaban J connectivity index is 1.76. The molecule has 0 aromatic carbocycles. The number of hydrogen-bond acceptors (Lipinski definition) is 5. The first-order valence-electron chi connectivity index (χ1n) is 7.67. The summed E-state index contributed by atoms with van der Waals surface area (Å²) in [6, 6.07) is 3.66. The third kappa shape index (κ3) is 4.56. The van der Waals surface area contributed by atoms with Crippen LogP contribution in [0.5, 0.6) is 0 Å². The van der Waals surface area contributed by atoms with Crippen LogP contribution in [0, 0.1) is 0 Å². The molecule has 1 aromatic heterocycles. The number of aliphatic hydroxyl groups is 1. The Hall–Kier alpha value is -1.37. The van der Waals surface area contributed by atoms with Crippen LogP contribution in [-0.4, -0.2) is 65.2 Å². The fourth-order valence-electron chi connectivity index (χ4n) is 2.79. The molecule has 1 atom stereocenters. The van der Waals surface area contributed by atoms with Crippen molar-refractivity contribution in [2.24, 2.45) is 0 Å². The molecule has 1 saturated heterocycles. The van der Waals surface area contributed by atoms with Gasteiger partial charge in [-0.05, 0) is 26.0 Å². The van der Waals surface area contributed by atoms with Gasteiger partial charge >= 0.3 is 0 Å². The molecule has 1 aliphatic rings. The number of carbonyl (C=O) groups is 1. The average Bonchev–Trinajstić information content (AvgIpc) is 2.93. The largest absolute Gasteiger partial charge is 0.467 e. The number of hydrogen-bond donors (Lipinski definition) is 1. The summed E-state index contributed by atoms with van der Waals surface area (Å²) >= 11 is 0. The quantitative estimate of drug-likeness (QED) is 0.852. The molecule has 6 nitrogen and oxygen atoms in total. The second-order valence-electron chi connectivity index (χ2n) is 6.45. The Labute approximate surface area is 131 Å². The van der Waals surface area contributed by atoms with E-state index < -0.39 is 6.10 Å². The molecular weight excluding hydrogens is 284 g/mol. The highest BCUT2D eigenvalue weighted by molar-refractivity contribution is 5.73. The third-order valence-corrected chi connectivity index (χ3v) is 4.08. The third-order valence-electron chi connectivity index (χ3n) is 4.08. The van der Waals surface area contributed by atoms with Crippen molar-refractivity contribution in [3.05, 3.63) is 24.2 Å². The number of aliphatic hydroxyl groups excluding tert-OH is 1. The number of β-amino-alcohol motifs (C(OH)–C–C–N with tert-alkyl or cyclic N) is 1. The molecule has 1 unspecified atom stereocenters. The lowest BCUT2D eigenvalue weighted by Crippen LogP contribution is -2.61. The van der Waals surface area contributed by atoms with Crippen molar-refractivity contribution >= 4 is 5.91 Å². The number of nitrogens with zero attached hydrogens (tertiary/aromatic N) is 2. The lowest BCUT2D eigenvalue weighted by molar-refractivity contribution is -0.134. The Morgan fingerprint density at radius 1 is 1.50 bits per heavy atom. The van der Waals surface area contributed by atoms with Gasteiger partial charge in [0.2, 0.25) is 5.91 Å². The van der Waals surface area contributed by atoms with Crippen LogP contribution in [0.1, 0.15) is 26.5 Å². The highest BCUT2D eigenvalue weighted by Crippen LogP contribution is 2.21. The average molecular weight is 310 g/mol. The number of amides is 1. The van der Waals surface area contributed by atoms with E-state index in [-0.39, 0.29) is 18.1 Å². The summed E-state index contributed by atoms with van der Waals surface area (Å²) < 4.78 is 10.7. The molecule has 2 rings (SSSR count). The van der Waals surface area contributed by atoms with E-state index in [1.165, 1.54) is 0 Å². The molecule has 124 valence electrons. The Kier molecular flexibility index (Phi) is 5.61. The first-order chi connectivity index (χ1) is 10.4. The van der Waals surface area contributed by atoms with E-state index >= 15 is 0 Å². The topological polar surface area (TPSA) is 66.2 Å². The molecule has 1 amide bonds. The highest BCUT2D eigenvalue weighted by atomic mass is 16.5. The molecule has 22 heavy (non-hydrogen) atoms. The van der Waals surface area contributed by atoms with Gasteiger partial charge in [-0.2, -0.15) is 0 Å². The zero-order valence-electron chi connectivity index (χ0n) is 13.6. The van der Waals surface area contributed by atoms with Gasteiger partial charge in [-0.3, -0.25) is 9.69 Å². The second-order valence-corrected chi connectivity index (χ2v) is 6.45. The highest BCUT2D eigenvalue weighted by Gasteiger charge is 2.35. The summed E-state index contributed by atoms with van der Waals surface area (Å²) in [5.74, 6) is 0.859. The molecule has 0 bridgehead atoms. The van der Waals surface area contributed by atoms with E-state index in [1.807, 2.05) is 17.0 Å². The molecule has 2 heterocycles. The summed E-state index contributed by atoms with van der Waals surface area (Å²) in [7, 11) is 0. The van der Waals surface area contributed by atoms with Crippen LogP contribution in [0.3, 0.4) is 0 Å². The van der Waals surface area contributed by atoms with E-state index in [0.29, 0.717) is 26.2 Å². The number of carbonyl (C=O) groups excluding carboxylic acids is 1. The predicted molar refractivity (Wildman–Crippen MR) is 82.3 cm³/mol. The minimum Gasteiger partial charge on any atom is -0.467 e. The maximum atomic E-state index is 11.5. The smallest absolute Gasteiger partial charge is 0.219 e. The number of piperazine rings is 1. The van der Waals surface area contributed by atoms with Crippen LogP contribution in [-0.2, 0) is 16.1 Å². The molecule has 1 fully saturated rings. The Morgan fingerprint density at radius 3 is 2.86 bits per heavy atom. The van der Waals surface area contributed by atoms with Crippen molar-refractivity contribution in [2.45, 2.75) is 39.0 Å². The van der Waals surface area contributed by atoms with Crippen LogP contribution in [0.2, 0.25) is 0 Å².